The van der Waals surface area contributed by atoms with E-state index in [9.17, 15) is 9.59 Å². The van der Waals surface area contributed by atoms with Crippen LogP contribution in [0.1, 0.15) is 41.0 Å². The van der Waals surface area contributed by atoms with Gasteiger partial charge < -0.3 is 10.2 Å². The summed E-state index contributed by atoms with van der Waals surface area (Å²) in [5, 5.41) is 3.98. The summed E-state index contributed by atoms with van der Waals surface area (Å²) in [5.74, 6) is 0.161. The highest BCUT2D eigenvalue weighted by molar-refractivity contribution is 7.18. The molecule has 6 heteroatoms. The second-order valence-electron chi connectivity index (χ2n) is 7.18. The van der Waals surface area contributed by atoms with Crippen molar-refractivity contribution in [3.05, 3.63) is 65.2 Å². The molecule has 1 aliphatic rings. The molecule has 1 atom stereocenters. The summed E-state index contributed by atoms with van der Waals surface area (Å²) >= 11 is 1.75. The van der Waals surface area contributed by atoms with Crippen LogP contribution in [0.25, 0.3) is 10.2 Å². The van der Waals surface area contributed by atoms with E-state index < -0.39 is 6.04 Å². The highest BCUT2D eigenvalue weighted by atomic mass is 32.1. The lowest BCUT2D eigenvalue weighted by molar-refractivity contribution is -0.133. The maximum atomic E-state index is 12.7. The van der Waals surface area contributed by atoms with Crippen molar-refractivity contribution in [2.45, 2.75) is 31.7 Å². The molecule has 2 amide bonds. The first-order valence-electron chi connectivity index (χ1n) is 9.62. The third-order valence-corrected chi connectivity index (χ3v) is 6.42. The highest BCUT2D eigenvalue weighted by Gasteiger charge is 2.28. The van der Waals surface area contributed by atoms with Crippen LogP contribution >= 0.6 is 11.3 Å². The highest BCUT2D eigenvalue weighted by Crippen LogP contribution is 2.33. The zero-order valence-electron chi connectivity index (χ0n) is 15.8. The first kappa shape index (κ1) is 18.6. The lowest BCUT2D eigenvalue weighted by Gasteiger charge is -2.33. The third kappa shape index (κ3) is 3.92. The van der Waals surface area contributed by atoms with Crippen molar-refractivity contribution >= 4 is 33.4 Å². The lowest BCUT2D eigenvalue weighted by atomic mass is 9.97. The number of para-hydroxylation sites is 1. The van der Waals surface area contributed by atoms with Crippen LogP contribution in [-0.4, -0.2) is 40.8 Å². The number of carbonyl (C=O) groups is 2. The quantitative estimate of drug-likeness (QED) is 0.733. The zero-order valence-corrected chi connectivity index (χ0v) is 16.6. The summed E-state index contributed by atoms with van der Waals surface area (Å²) in [6, 6.07) is 16.6. The SMILES string of the molecule is CC(NC(=O)c1ccccc1)C(=O)N1CCC(c2nc3ccccc3s2)CC1. The van der Waals surface area contributed by atoms with E-state index in [1.807, 2.05) is 41.3 Å². The molecule has 0 bridgehead atoms. The second-order valence-corrected chi connectivity index (χ2v) is 8.24. The number of piperidine rings is 1. The van der Waals surface area contributed by atoms with Crippen molar-refractivity contribution < 1.29 is 9.59 Å². The van der Waals surface area contributed by atoms with Gasteiger partial charge >= 0.3 is 0 Å². The van der Waals surface area contributed by atoms with Crippen LogP contribution in [0.3, 0.4) is 0 Å². The monoisotopic (exact) mass is 393 g/mol. The molecular formula is C22H23N3O2S. The number of benzene rings is 2. The Labute approximate surface area is 168 Å². The van der Waals surface area contributed by atoms with Gasteiger partial charge in [0.2, 0.25) is 5.91 Å². The third-order valence-electron chi connectivity index (χ3n) is 5.22. The number of hydrogen-bond acceptors (Lipinski definition) is 4. The molecule has 2 heterocycles. The van der Waals surface area contributed by atoms with Gasteiger partial charge in [-0.05, 0) is 44.0 Å². The Balaban J connectivity index is 1.33. The molecule has 1 aromatic heterocycles. The maximum absolute atomic E-state index is 12.7. The van der Waals surface area contributed by atoms with Crippen LogP contribution in [0.4, 0.5) is 0 Å². The number of carbonyl (C=O) groups excluding carboxylic acids is 2. The van der Waals surface area contributed by atoms with Crippen LogP contribution in [-0.2, 0) is 4.79 Å². The summed E-state index contributed by atoms with van der Waals surface area (Å²) in [7, 11) is 0. The molecule has 28 heavy (non-hydrogen) atoms. The van der Waals surface area contributed by atoms with Gasteiger partial charge in [-0.15, -0.1) is 11.3 Å². The van der Waals surface area contributed by atoms with Crippen molar-refractivity contribution in [2.24, 2.45) is 0 Å². The molecular weight excluding hydrogens is 370 g/mol. The van der Waals surface area contributed by atoms with Gasteiger partial charge in [-0.3, -0.25) is 9.59 Å². The van der Waals surface area contributed by atoms with E-state index in [4.69, 9.17) is 4.98 Å². The Bertz CT molecular complexity index is 945. The minimum atomic E-state index is -0.535. The van der Waals surface area contributed by atoms with Crippen molar-refractivity contribution in [2.75, 3.05) is 13.1 Å². The van der Waals surface area contributed by atoms with E-state index >= 15 is 0 Å². The van der Waals surface area contributed by atoms with Gasteiger partial charge in [0.25, 0.3) is 5.91 Å². The Hall–Kier alpha value is -2.73. The normalized spacial score (nSPS) is 16.1. The molecule has 1 aliphatic heterocycles. The Morgan fingerprint density at radius 2 is 1.75 bits per heavy atom. The first-order chi connectivity index (χ1) is 13.6. The number of thiazole rings is 1. The summed E-state index contributed by atoms with van der Waals surface area (Å²) in [4.78, 5) is 31.7. The molecule has 144 valence electrons. The molecule has 0 spiro atoms. The van der Waals surface area contributed by atoms with Crippen molar-refractivity contribution in [3.63, 3.8) is 0 Å². The average molecular weight is 394 g/mol. The molecule has 1 N–H and O–H groups in total. The number of amides is 2. The number of nitrogens with zero attached hydrogens (tertiary/aromatic N) is 2. The van der Waals surface area contributed by atoms with Gasteiger partial charge in [0.1, 0.15) is 6.04 Å². The van der Waals surface area contributed by atoms with E-state index in [0.717, 1.165) is 18.4 Å². The Kier molecular flexibility index (Phi) is 5.39. The topological polar surface area (TPSA) is 62.3 Å². The van der Waals surface area contributed by atoms with E-state index in [-0.39, 0.29) is 11.8 Å². The van der Waals surface area contributed by atoms with Crippen LogP contribution < -0.4 is 5.32 Å². The van der Waals surface area contributed by atoms with Gasteiger partial charge in [-0.2, -0.15) is 0 Å². The van der Waals surface area contributed by atoms with E-state index in [0.29, 0.717) is 24.6 Å². The van der Waals surface area contributed by atoms with Crippen LogP contribution in [0.15, 0.2) is 54.6 Å². The van der Waals surface area contributed by atoms with Crippen molar-refractivity contribution in [1.82, 2.24) is 15.2 Å². The fraction of sp³-hybridized carbons (Fsp3) is 0.318. The number of likely N-dealkylation sites (tertiary alicyclic amines) is 1. The zero-order chi connectivity index (χ0) is 19.5. The number of nitrogens with one attached hydrogen (secondary N) is 1. The number of fused-ring (bicyclic) bond motifs is 1. The van der Waals surface area contributed by atoms with Crippen molar-refractivity contribution in [1.29, 1.82) is 0 Å². The first-order valence-corrected chi connectivity index (χ1v) is 10.4. The van der Waals surface area contributed by atoms with E-state index in [1.54, 1.807) is 30.4 Å². The van der Waals surface area contributed by atoms with E-state index in [1.165, 1.54) is 9.71 Å². The molecule has 1 unspecified atom stereocenters. The predicted molar refractivity (Wildman–Crippen MR) is 112 cm³/mol. The molecule has 5 nitrogen and oxygen atoms in total. The predicted octanol–water partition coefficient (Wildman–Crippen LogP) is 3.82. The number of hydrogen-bond donors (Lipinski definition) is 1. The fourth-order valence-electron chi connectivity index (χ4n) is 3.62. The second kappa shape index (κ2) is 8.10. The van der Waals surface area contributed by atoms with Crippen LogP contribution in [0.5, 0.6) is 0 Å². The van der Waals surface area contributed by atoms with Crippen LogP contribution in [0, 0.1) is 0 Å². The fourth-order valence-corrected chi connectivity index (χ4v) is 4.75. The summed E-state index contributed by atoms with van der Waals surface area (Å²) in [6.45, 7) is 3.15. The molecule has 3 aromatic rings. The van der Waals surface area contributed by atoms with Crippen LogP contribution in [0.2, 0.25) is 0 Å². The average Bonchev–Trinajstić information content (AvgIpc) is 3.18. The molecule has 1 fully saturated rings. The lowest BCUT2D eigenvalue weighted by Crippen LogP contribution is -2.49. The smallest absolute Gasteiger partial charge is 0.251 e. The summed E-state index contributed by atoms with van der Waals surface area (Å²) in [6.07, 6.45) is 1.82. The summed E-state index contributed by atoms with van der Waals surface area (Å²) in [5.41, 5.74) is 1.62. The minimum absolute atomic E-state index is 0.0213. The molecule has 0 aliphatic carbocycles. The van der Waals surface area contributed by atoms with Gasteiger partial charge in [-0.1, -0.05) is 30.3 Å². The van der Waals surface area contributed by atoms with Gasteiger partial charge in [0, 0.05) is 24.6 Å². The number of rotatable bonds is 4. The van der Waals surface area contributed by atoms with Gasteiger partial charge in [-0.25, -0.2) is 4.98 Å². The maximum Gasteiger partial charge on any atom is 0.251 e. The molecule has 2 aromatic carbocycles. The number of aromatic nitrogens is 1. The van der Waals surface area contributed by atoms with Gasteiger partial charge in [0.05, 0.1) is 15.2 Å². The Morgan fingerprint density at radius 1 is 1.07 bits per heavy atom. The standard InChI is InChI=1S/C22H23N3O2S/c1-15(23-20(26)16-7-3-2-4-8-16)22(27)25-13-11-17(12-14-25)21-24-18-9-5-6-10-19(18)28-21/h2-10,15,17H,11-14H2,1H3,(H,23,26). The Morgan fingerprint density at radius 3 is 2.46 bits per heavy atom. The van der Waals surface area contributed by atoms with E-state index in [2.05, 4.69) is 11.4 Å². The molecule has 0 saturated carbocycles. The molecule has 0 radical (unpaired) electrons. The molecule has 4 rings (SSSR count). The molecule has 1 saturated heterocycles. The minimum Gasteiger partial charge on any atom is -0.341 e. The van der Waals surface area contributed by atoms with Gasteiger partial charge in [0.15, 0.2) is 0 Å². The largest absolute Gasteiger partial charge is 0.341 e. The summed E-state index contributed by atoms with van der Waals surface area (Å²) < 4.78 is 1.22. The van der Waals surface area contributed by atoms with Crippen molar-refractivity contribution in [3.8, 4) is 0 Å².